The first-order chi connectivity index (χ1) is 9.21. The molecule has 6 heteroatoms. The first kappa shape index (κ1) is 14.4. The third kappa shape index (κ3) is 2.50. The number of nitrogens with zero attached hydrogens (tertiary/aromatic N) is 1. The Bertz CT molecular complexity index is 663. The topological polar surface area (TPSA) is 37.8 Å². The van der Waals surface area contributed by atoms with Crippen LogP contribution >= 0.6 is 0 Å². The number of alkyl halides is 3. The summed E-state index contributed by atoms with van der Waals surface area (Å²) in [5.41, 5.74) is 0.780. The van der Waals surface area contributed by atoms with Crippen molar-refractivity contribution in [2.45, 2.75) is 32.9 Å². The molecule has 0 spiro atoms. The van der Waals surface area contributed by atoms with Gasteiger partial charge in [0.05, 0.1) is 11.3 Å². The van der Waals surface area contributed by atoms with Gasteiger partial charge < -0.3 is 0 Å². The Kier molecular flexibility index (Phi) is 3.50. The highest BCUT2D eigenvalue weighted by Gasteiger charge is 2.30. The Morgan fingerprint density at radius 1 is 1.15 bits per heavy atom. The maximum atomic E-state index is 12.5. The Hall–Kier alpha value is -1.98. The zero-order valence-corrected chi connectivity index (χ0v) is 11.4. The number of hydrogen-bond acceptors (Lipinski definition) is 1. The summed E-state index contributed by atoms with van der Waals surface area (Å²) >= 11 is 0. The van der Waals surface area contributed by atoms with Gasteiger partial charge in [0.1, 0.15) is 0 Å². The summed E-state index contributed by atoms with van der Waals surface area (Å²) in [6.07, 6.45) is -4.38. The molecule has 0 aliphatic heterocycles. The van der Waals surface area contributed by atoms with Gasteiger partial charge in [-0.15, -0.1) is 0 Å². The predicted octanol–water partition coefficient (Wildman–Crippen LogP) is 3.62. The highest BCUT2D eigenvalue weighted by atomic mass is 19.4. The molecular formula is C14H15F3N2O. The van der Waals surface area contributed by atoms with E-state index in [4.69, 9.17) is 0 Å². The SMILES string of the molecule is Cc1c(C(C)C)[nH]n(-c2ccc(C(F)(F)F)cc2)c1=O. The minimum Gasteiger partial charge on any atom is -0.294 e. The van der Waals surface area contributed by atoms with E-state index in [0.717, 1.165) is 17.8 Å². The van der Waals surface area contributed by atoms with E-state index in [1.165, 1.54) is 16.8 Å². The van der Waals surface area contributed by atoms with Crippen LogP contribution in [-0.4, -0.2) is 9.78 Å². The largest absolute Gasteiger partial charge is 0.416 e. The summed E-state index contributed by atoms with van der Waals surface area (Å²) in [5.74, 6) is 0.137. The lowest BCUT2D eigenvalue weighted by atomic mass is 10.1. The molecule has 0 aliphatic carbocycles. The fourth-order valence-electron chi connectivity index (χ4n) is 2.08. The lowest BCUT2D eigenvalue weighted by Gasteiger charge is -2.08. The minimum atomic E-state index is -4.38. The standard InChI is InChI=1S/C14H15F3N2O/c1-8(2)12-9(3)13(20)19(18-12)11-6-4-10(5-7-11)14(15,16)17/h4-8,18H,1-3H3. The normalized spacial score (nSPS) is 12.2. The van der Waals surface area contributed by atoms with E-state index in [9.17, 15) is 18.0 Å². The fraction of sp³-hybridized carbons (Fsp3) is 0.357. The van der Waals surface area contributed by atoms with Crippen LogP contribution in [0.3, 0.4) is 0 Å². The number of H-pyrrole nitrogens is 1. The molecule has 1 aromatic heterocycles. The summed E-state index contributed by atoms with van der Waals surface area (Å²) in [7, 11) is 0. The van der Waals surface area contributed by atoms with Crippen LogP contribution in [0.1, 0.15) is 36.6 Å². The molecule has 20 heavy (non-hydrogen) atoms. The fourth-order valence-corrected chi connectivity index (χ4v) is 2.08. The van der Waals surface area contributed by atoms with Crippen molar-refractivity contribution >= 4 is 0 Å². The second-order valence-electron chi connectivity index (χ2n) is 4.99. The molecule has 2 rings (SSSR count). The molecule has 0 aliphatic rings. The van der Waals surface area contributed by atoms with Crippen molar-refractivity contribution in [3.8, 4) is 5.69 Å². The monoisotopic (exact) mass is 284 g/mol. The highest BCUT2D eigenvalue weighted by Crippen LogP contribution is 2.29. The summed E-state index contributed by atoms with van der Waals surface area (Å²) in [6, 6.07) is 4.49. The molecule has 1 aromatic carbocycles. The maximum Gasteiger partial charge on any atom is 0.416 e. The molecule has 2 aromatic rings. The van der Waals surface area contributed by atoms with Crippen LogP contribution in [0.4, 0.5) is 13.2 Å². The third-order valence-corrected chi connectivity index (χ3v) is 3.19. The number of aromatic nitrogens is 2. The first-order valence-corrected chi connectivity index (χ1v) is 6.21. The molecule has 0 fully saturated rings. The Morgan fingerprint density at radius 2 is 1.70 bits per heavy atom. The molecule has 0 atom stereocenters. The van der Waals surface area contributed by atoms with Crippen LogP contribution in [-0.2, 0) is 6.18 Å². The van der Waals surface area contributed by atoms with Crippen molar-refractivity contribution in [2.24, 2.45) is 0 Å². The molecule has 0 unspecified atom stereocenters. The lowest BCUT2D eigenvalue weighted by molar-refractivity contribution is -0.137. The zero-order valence-electron chi connectivity index (χ0n) is 11.4. The quantitative estimate of drug-likeness (QED) is 0.898. The van der Waals surface area contributed by atoms with Gasteiger partial charge in [-0.05, 0) is 37.1 Å². The lowest BCUT2D eigenvalue weighted by Crippen LogP contribution is -2.16. The van der Waals surface area contributed by atoms with E-state index in [2.05, 4.69) is 5.10 Å². The summed E-state index contributed by atoms with van der Waals surface area (Å²) in [4.78, 5) is 12.1. The van der Waals surface area contributed by atoms with E-state index in [-0.39, 0.29) is 11.5 Å². The van der Waals surface area contributed by atoms with Crippen molar-refractivity contribution in [3.63, 3.8) is 0 Å². The van der Waals surface area contributed by atoms with E-state index in [0.29, 0.717) is 11.3 Å². The summed E-state index contributed by atoms with van der Waals surface area (Å²) in [6.45, 7) is 5.58. The number of hydrogen-bond donors (Lipinski definition) is 1. The minimum absolute atomic E-state index is 0.137. The van der Waals surface area contributed by atoms with Gasteiger partial charge >= 0.3 is 6.18 Å². The molecule has 0 saturated carbocycles. The van der Waals surface area contributed by atoms with Crippen LogP contribution in [0.25, 0.3) is 5.69 Å². The van der Waals surface area contributed by atoms with Gasteiger partial charge in [-0.1, -0.05) is 13.8 Å². The molecule has 0 saturated heterocycles. The van der Waals surface area contributed by atoms with Crippen LogP contribution < -0.4 is 5.56 Å². The second-order valence-corrected chi connectivity index (χ2v) is 4.99. The first-order valence-electron chi connectivity index (χ1n) is 6.21. The zero-order chi connectivity index (χ0) is 15.1. The Balaban J connectivity index is 2.48. The number of benzene rings is 1. The van der Waals surface area contributed by atoms with Crippen LogP contribution in [0.5, 0.6) is 0 Å². The van der Waals surface area contributed by atoms with Gasteiger partial charge in [-0.3, -0.25) is 9.89 Å². The second kappa shape index (κ2) is 4.85. The molecule has 0 amide bonds. The highest BCUT2D eigenvalue weighted by molar-refractivity contribution is 5.36. The molecule has 108 valence electrons. The molecule has 1 N–H and O–H groups in total. The van der Waals surface area contributed by atoms with Gasteiger partial charge in [0, 0.05) is 11.3 Å². The van der Waals surface area contributed by atoms with E-state index in [1.807, 2.05) is 13.8 Å². The average molecular weight is 284 g/mol. The van der Waals surface area contributed by atoms with Crippen LogP contribution in [0.2, 0.25) is 0 Å². The van der Waals surface area contributed by atoms with E-state index >= 15 is 0 Å². The van der Waals surface area contributed by atoms with Crippen LogP contribution in [0, 0.1) is 6.92 Å². The molecule has 0 bridgehead atoms. The number of aromatic amines is 1. The number of halogens is 3. The molecular weight excluding hydrogens is 269 g/mol. The maximum absolute atomic E-state index is 12.5. The van der Waals surface area contributed by atoms with Crippen LogP contribution in [0.15, 0.2) is 29.1 Å². The number of rotatable bonds is 2. The summed E-state index contributed by atoms with van der Waals surface area (Å²) in [5, 5.41) is 2.95. The predicted molar refractivity (Wildman–Crippen MR) is 70.2 cm³/mol. The van der Waals surface area contributed by atoms with Gasteiger partial charge in [0.15, 0.2) is 0 Å². The van der Waals surface area contributed by atoms with Gasteiger partial charge in [0.2, 0.25) is 0 Å². The van der Waals surface area contributed by atoms with E-state index < -0.39 is 11.7 Å². The Labute approximate surface area is 114 Å². The van der Waals surface area contributed by atoms with Crippen molar-refractivity contribution in [3.05, 3.63) is 51.4 Å². The third-order valence-electron chi connectivity index (χ3n) is 3.19. The van der Waals surface area contributed by atoms with Crippen molar-refractivity contribution in [2.75, 3.05) is 0 Å². The van der Waals surface area contributed by atoms with Crippen molar-refractivity contribution in [1.29, 1.82) is 0 Å². The van der Waals surface area contributed by atoms with Crippen molar-refractivity contribution < 1.29 is 13.2 Å². The van der Waals surface area contributed by atoms with Crippen molar-refractivity contribution in [1.82, 2.24) is 9.78 Å². The van der Waals surface area contributed by atoms with Gasteiger partial charge in [-0.25, -0.2) is 4.68 Å². The molecule has 3 nitrogen and oxygen atoms in total. The average Bonchev–Trinajstić information content (AvgIpc) is 2.66. The van der Waals surface area contributed by atoms with Gasteiger partial charge in [-0.2, -0.15) is 13.2 Å². The van der Waals surface area contributed by atoms with Gasteiger partial charge in [0.25, 0.3) is 5.56 Å². The smallest absolute Gasteiger partial charge is 0.294 e. The molecule has 0 radical (unpaired) electrons. The summed E-state index contributed by atoms with van der Waals surface area (Å²) < 4.78 is 38.8. The molecule has 1 heterocycles. The van der Waals surface area contributed by atoms with E-state index in [1.54, 1.807) is 6.92 Å². The Morgan fingerprint density at radius 3 is 2.10 bits per heavy atom. The number of nitrogens with one attached hydrogen (secondary N) is 1.